The summed E-state index contributed by atoms with van der Waals surface area (Å²) in [6.07, 6.45) is 6.28. The van der Waals surface area contributed by atoms with Gasteiger partial charge in [-0.3, -0.25) is 14.3 Å². The fourth-order valence-electron chi connectivity index (χ4n) is 6.45. The Kier molecular flexibility index (Phi) is 6.81. The Balaban J connectivity index is 1.32. The summed E-state index contributed by atoms with van der Waals surface area (Å²) < 4.78 is 16.9. The zero-order valence-corrected chi connectivity index (χ0v) is 22.6. The van der Waals surface area contributed by atoms with E-state index in [1.807, 2.05) is 20.2 Å². The number of carbonyl (C=O) groups is 2. The number of hydrogen-bond acceptors (Lipinski definition) is 5. The highest BCUT2D eigenvalue weighted by Crippen LogP contribution is 2.57. The minimum atomic E-state index is -1.03. The minimum Gasteiger partial charge on any atom is -0.385 e. The highest BCUT2D eigenvalue weighted by Gasteiger charge is 2.52. The molecular formula is C27H32ClFN6O3. The lowest BCUT2D eigenvalue weighted by Crippen LogP contribution is -2.29. The number of aromatic nitrogens is 4. The standard InChI is InChI=1S/C27H32ClFN6O3/c1-14(31-15(2)36)23-20(12-35(4)33-23)27(38)10-17-7-16(8-18(17)11-27)24-25(34(3)13-30-24)26(37)32-19-5-6-22(29)21(28)9-19/h5-6,9,12-14,16-18,38H,7-8,10-11H2,1-4H3,(H,31,36)(H,32,37). The number of aryl methyl sites for hydroxylation is 2. The molecule has 3 N–H and O–H groups in total. The van der Waals surface area contributed by atoms with Gasteiger partial charge in [-0.1, -0.05) is 11.6 Å². The van der Waals surface area contributed by atoms with Crippen LogP contribution in [0.15, 0.2) is 30.7 Å². The van der Waals surface area contributed by atoms with Gasteiger partial charge in [-0.15, -0.1) is 0 Å². The van der Waals surface area contributed by atoms with Crippen molar-refractivity contribution in [1.82, 2.24) is 24.6 Å². The van der Waals surface area contributed by atoms with Crippen molar-refractivity contribution in [3.8, 4) is 0 Å². The molecule has 5 rings (SSSR count). The second kappa shape index (κ2) is 9.81. The van der Waals surface area contributed by atoms with Crippen LogP contribution in [-0.4, -0.2) is 36.3 Å². The fourth-order valence-corrected chi connectivity index (χ4v) is 6.63. The van der Waals surface area contributed by atoms with Crippen LogP contribution >= 0.6 is 11.6 Å². The van der Waals surface area contributed by atoms with E-state index in [-0.39, 0.29) is 40.6 Å². The Hall–Kier alpha value is -3.24. The van der Waals surface area contributed by atoms with Crippen LogP contribution in [0.5, 0.6) is 0 Å². The molecule has 38 heavy (non-hydrogen) atoms. The molecule has 11 heteroatoms. The summed E-state index contributed by atoms with van der Waals surface area (Å²) in [7, 11) is 3.59. The largest absolute Gasteiger partial charge is 0.385 e. The number of rotatable bonds is 6. The Bertz CT molecular complexity index is 1390. The number of imidazole rings is 1. The molecule has 3 aromatic rings. The molecule has 2 fully saturated rings. The average molecular weight is 543 g/mol. The first-order valence-electron chi connectivity index (χ1n) is 12.8. The molecule has 3 atom stereocenters. The number of anilines is 1. The Morgan fingerprint density at radius 2 is 1.92 bits per heavy atom. The van der Waals surface area contributed by atoms with E-state index in [9.17, 15) is 19.1 Å². The van der Waals surface area contributed by atoms with Crippen molar-refractivity contribution in [3.63, 3.8) is 0 Å². The van der Waals surface area contributed by atoms with Crippen LogP contribution in [0.1, 0.15) is 78.9 Å². The zero-order chi connectivity index (χ0) is 27.4. The molecule has 0 spiro atoms. The number of nitrogens with zero attached hydrogens (tertiary/aromatic N) is 4. The highest BCUT2D eigenvalue weighted by molar-refractivity contribution is 6.31. The van der Waals surface area contributed by atoms with Gasteiger partial charge in [0.1, 0.15) is 11.5 Å². The van der Waals surface area contributed by atoms with Crippen molar-refractivity contribution in [2.24, 2.45) is 25.9 Å². The molecule has 1 aromatic carbocycles. The van der Waals surface area contributed by atoms with Gasteiger partial charge in [0.15, 0.2) is 0 Å². The van der Waals surface area contributed by atoms with Gasteiger partial charge in [-0.25, -0.2) is 9.37 Å². The lowest BCUT2D eigenvalue weighted by atomic mass is 9.86. The number of halogens is 2. The molecule has 9 nitrogen and oxygen atoms in total. The maximum absolute atomic E-state index is 13.5. The van der Waals surface area contributed by atoms with Gasteiger partial charge in [-0.2, -0.15) is 5.10 Å². The van der Waals surface area contributed by atoms with E-state index in [4.69, 9.17) is 11.6 Å². The van der Waals surface area contributed by atoms with Crippen LogP contribution in [-0.2, 0) is 24.5 Å². The zero-order valence-electron chi connectivity index (χ0n) is 21.8. The normalized spacial score (nSPS) is 25.3. The molecule has 0 saturated heterocycles. The van der Waals surface area contributed by atoms with Gasteiger partial charge in [0.25, 0.3) is 5.91 Å². The molecule has 0 aliphatic heterocycles. The molecule has 2 aromatic heterocycles. The maximum Gasteiger partial charge on any atom is 0.274 e. The van der Waals surface area contributed by atoms with E-state index < -0.39 is 11.4 Å². The Morgan fingerprint density at radius 3 is 2.55 bits per heavy atom. The number of aliphatic hydroxyl groups is 1. The van der Waals surface area contributed by atoms with E-state index in [2.05, 4.69) is 20.7 Å². The molecular weight excluding hydrogens is 511 g/mol. The third-order valence-electron chi connectivity index (χ3n) is 7.97. The lowest BCUT2D eigenvalue weighted by Gasteiger charge is -2.26. The molecule has 2 saturated carbocycles. The summed E-state index contributed by atoms with van der Waals surface area (Å²) in [5.74, 6) is -0.412. The number of fused-ring (bicyclic) bond motifs is 1. The molecule has 0 bridgehead atoms. The van der Waals surface area contributed by atoms with Crippen LogP contribution in [0.3, 0.4) is 0 Å². The van der Waals surface area contributed by atoms with Crippen LogP contribution in [0, 0.1) is 17.7 Å². The maximum atomic E-state index is 13.5. The van der Waals surface area contributed by atoms with Crippen molar-refractivity contribution in [1.29, 1.82) is 0 Å². The van der Waals surface area contributed by atoms with Gasteiger partial charge in [-0.05, 0) is 62.6 Å². The van der Waals surface area contributed by atoms with Crippen LogP contribution in [0.25, 0.3) is 0 Å². The summed E-state index contributed by atoms with van der Waals surface area (Å²) in [6.45, 7) is 3.34. The predicted octanol–water partition coefficient (Wildman–Crippen LogP) is 4.19. The fraction of sp³-hybridized carbons (Fsp3) is 0.481. The second-order valence-electron chi connectivity index (χ2n) is 10.8. The van der Waals surface area contributed by atoms with E-state index in [0.717, 1.165) is 24.1 Å². The summed E-state index contributed by atoms with van der Waals surface area (Å²) in [6, 6.07) is 3.75. The van der Waals surface area contributed by atoms with Gasteiger partial charge >= 0.3 is 0 Å². The molecule has 0 radical (unpaired) electrons. The third kappa shape index (κ3) is 4.82. The number of nitrogens with one attached hydrogen (secondary N) is 2. The molecule has 2 aliphatic rings. The highest BCUT2D eigenvalue weighted by atomic mass is 35.5. The van der Waals surface area contributed by atoms with Crippen LogP contribution < -0.4 is 10.6 Å². The number of hydrogen-bond donors (Lipinski definition) is 3. The topological polar surface area (TPSA) is 114 Å². The van der Waals surface area contributed by atoms with E-state index in [1.165, 1.54) is 25.1 Å². The summed E-state index contributed by atoms with van der Waals surface area (Å²) in [5, 5.41) is 21.9. The summed E-state index contributed by atoms with van der Waals surface area (Å²) >= 11 is 5.87. The number of benzene rings is 1. The Labute approximate surface area is 225 Å². The van der Waals surface area contributed by atoms with Crippen molar-refractivity contribution < 1.29 is 19.1 Å². The average Bonchev–Trinajstić information content (AvgIpc) is 3.57. The van der Waals surface area contributed by atoms with Gasteiger partial charge in [0.2, 0.25) is 5.91 Å². The second-order valence-corrected chi connectivity index (χ2v) is 11.2. The summed E-state index contributed by atoms with van der Waals surface area (Å²) in [5.41, 5.74) is 2.03. The quantitative estimate of drug-likeness (QED) is 0.432. The third-order valence-corrected chi connectivity index (χ3v) is 8.26. The van der Waals surface area contributed by atoms with Gasteiger partial charge in [0.05, 0.1) is 34.4 Å². The molecule has 3 unspecified atom stereocenters. The van der Waals surface area contributed by atoms with Crippen LogP contribution in [0.2, 0.25) is 5.02 Å². The predicted molar refractivity (Wildman–Crippen MR) is 140 cm³/mol. The number of amides is 2. The summed E-state index contributed by atoms with van der Waals surface area (Å²) in [4.78, 5) is 29.4. The van der Waals surface area contributed by atoms with Gasteiger partial charge < -0.3 is 20.3 Å². The SMILES string of the molecule is CC(=O)NC(C)c1nn(C)cc1C1(O)CC2CC(c3ncn(C)c3C(=O)Nc3ccc(F)c(Cl)c3)CC2C1. The van der Waals surface area contributed by atoms with Crippen LogP contribution in [0.4, 0.5) is 10.1 Å². The van der Waals surface area contributed by atoms with E-state index in [0.29, 0.717) is 29.9 Å². The Morgan fingerprint density at radius 1 is 1.24 bits per heavy atom. The minimum absolute atomic E-state index is 0.0626. The van der Waals surface area contributed by atoms with Gasteiger partial charge in [0, 0.05) is 44.4 Å². The first kappa shape index (κ1) is 26.4. The monoisotopic (exact) mass is 542 g/mol. The molecule has 202 valence electrons. The first-order chi connectivity index (χ1) is 17.9. The molecule has 2 amide bonds. The molecule has 2 aliphatic carbocycles. The van der Waals surface area contributed by atoms with Crippen molar-refractivity contribution >= 4 is 29.1 Å². The van der Waals surface area contributed by atoms with E-state index in [1.54, 1.807) is 22.6 Å². The van der Waals surface area contributed by atoms with Crippen molar-refractivity contribution in [2.75, 3.05) is 5.32 Å². The van der Waals surface area contributed by atoms with E-state index >= 15 is 0 Å². The van der Waals surface area contributed by atoms with Crippen molar-refractivity contribution in [2.45, 2.75) is 57.1 Å². The number of carbonyl (C=O) groups excluding carboxylic acids is 2. The van der Waals surface area contributed by atoms with Crippen molar-refractivity contribution in [3.05, 3.63) is 64.2 Å². The molecule has 2 heterocycles. The first-order valence-corrected chi connectivity index (χ1v) is 13.1. The smallest absolute Gasteiger partial charge is 0.274 e. The lowest BCUT2D eigenvalue weighted by molar-refractivity contribution is -0.119.